The monoisotopic (exact) mass is 544 g/mol. The summed E-state index contributed by atoms with van der Waals surface area (Å²) in [5.74, 6) is -0.775. The molecule has 1 aliphatic heterocycles. The minimum Gasteiger partial charge on any atom is -0.497 e. The summed E-state index contributed by atoms with van der Waals surface area (Å²) < 4.78 is 11.3. The molecule has 0 radical (unpaired) electrons. The van der Waals surface area contributed by atoms with E-state index in [0.29, 0.717) is 32.1 Å². The Hall–Kier alpha value is -3.52. The normalized spacial score (nSPS) is 14.8. The van der Waals surface area contributed by atoms with Crippen LogP contribution in [0.1, 0.15) is 16.7 Å². The lowest BCUT2D eigenvalue weighted by Gasteiger charge is -2.26. The number of anilines is 1. The highest BCUT2D eigenvalue weighted by atomic mass is 35.5. The number of ether oxygens (including phenoxy) is 2. The smallest absolute Gasteiger partial charge is 0.335 e. The van der Waals surface area contributed by atoms with Crippen LogP contribution in [0.25, 0.3) is 6.08 Å². The first kappa shape index (κ1) is 25.6. The van der Waals surface area contributed by atoms with E-state index < -0.39 is 17.8 Å². The predicted octanol–water partition coefficient (Wildman–Crippen LogP) is 6.21. The van der Waals surface area contributed by atoms with E-state index in [0.717, 1.165) is 16.0 Å². The molecule has 0 spiro atoms. The number of nitrogens with zero attached hydrogens (tertiary/aromatic N) is 1. The molecule has 0 aliphatic carbocycles. The zero-order valence-corrected chi connectivity index (χ0v) is 21.4. The van der Waals surface area contributed by atoms with E-state index in [1.165, 1.54) is 19.3 Å². The summed E-state index contributed by atoms with van der Waals surface area (Å²) in [5, 5.41) is 3.38. The Morgan fingerprint density at radius 2 is 1.69 bits per heavy atom. The number of urea groups is 1. The fraction of sp³-hybridized carbons (Fsp3) is 0.115. The molecular weight excluding hydrogens is 527 g/mol. The Bertz CT molecular complexity index is 1420. The molecule has 4 rings (SSSR count). The largest absolute Gasteiger partial charge is 0.497 e. The maximum atomic E-state index is 13.3. The Kier molecular flexibility index (Phi) is 7.54. The molecule has 0 atom stereocenters. The van der Waals surface area contributed by atoms with E-state index in [9.17, 15) is 14.4 Å². The summed E-state index contributed by atoms with van der Waals surface area (Å²) in [6, 6.07) is 13.9. The van der Waals surface area contributed by atoms with Crippen molar-refractivity contribution < 1.29 is 23.9 Å². The first-order chi connectivity index (χ1) is 17.2. The predicted molar refractivity (Wildman–Crippen MR) is 139 cm³/mol. The van der Waals surface area contributed by atoms with Crippen LogP contribution in [0.2, 0.25) is 15.1 Å². The number of rotatable bonds is 6. The van der Waals surface area contributed by atoms with Gasteiger partial charge in [0.2, 0.25) is 0 Å². The van der Waals surface area contributed by atoms with Gasteiger partial charge < -0.3 is 9.47 Å². The number of hydrogen-bond acceptors (Lipinski definition) is 5. The van der Waals surface area contributed by atoms with Gasteiger partial charge >= 0.3 is 6.03 Å². The zero-order chi connectivity index (χ0) is 26.0. The van der Waals surface area contributed by atoms with Crippen LogP contribution in [-0.4, -0.2) is 25.0 Å². The third kappa shape index (κ3) is 5.33. The standard InChI is InChI=1S/C26H19Cl3N2O5/c1-14-3-6-17(11-21(14)28)31-25(33)19(24(32)30-26(31)34)10-16-5-7-18(35-2)12-23(16)36-13-15-4-8-20(27)22(29)9-15/h3-12H,13H2,1-2H3,(H,30,32,34)/b19-10+. The van der Waals surface area contributed by atoms with Crippen LogP contribution in [0.4, 0.5) is 10.5 Å². The number of benzene rings is 3. The number of barbiturate groups is 1. The SMILES string of the molecule is COc1ccc(/C=C2\C(=O)NC(=O)N(c3ccc(C)c(Cl)c3)C2=O)c(OCc2ccc(Cl)c(Cl)c2)c1. The van der Waals surface area contributed by atoms with Crippen LogP contribution in [0.3, 0.4) is 0 Å². The summed E-state index contributed by atoms with van der Waals surface area (Å²) in [5.41, 5.74) is 1.93. The third-order valence-electron chi connectivity index (χ3n) is 5.41. The van der Waals surface area contributed by atoms with Gasteiger partial charge in [-0.1, -0.05) is 46.9 Å². The second kappa shape index (κ2) is 10.6. The van der Waals surface area contributed by atoms with Crippen molar-refractivity contribution >= 4 is 64.4 Å². The van der Waals surface area contributed by atoms with Crippen molar-refractivity contribution in [3.63, 3.8) is 0 Å². The number of carbonyl (C=O) groups excluding carboxylic acids is 3. The minimum atomic E-state index is -0.868. The Morgan fingerprint density at radius 3 is 2.39 bits per heavy atom. The highest BCUT2D eigenvalue weighted by molar-refractivity contribution is 6.42. The summed E-state index contributed by atoms with van der Waals surface area (Å²) in [6.45, 7) is 1.93. The molecule has 36 heavy (non-hydrogen) atoms. The molecule has 0 bridgehead atoms. The molecule has 1 heterocycles. The van der Waals surface area contributed by atoms with Gasteiger partial charge in [0.1, 0.15) is 23.7 Å². The third-order valence-corrected chi connectivity index (χ3v) is 6.56. The lowest BCUT2D eigenvalue weighted by atomic mass is 10.1. The van der Waals surface area contributed by atoms with Crippen LogP contribution in [-0.2, 0) is 16.2 Å². The molecule has 1 saturated heterocycles. The molecule has 3 aromatic carbocycles. The highest BCUT2D eigenvalue weighted by Gasteiger charge is 2.37. The van der Waals surface area contributed by atoms with Gasteiger partial charge in [-0.15, -0.1) is 0 Å². The number of imide groups is 2. The zero-order valence-electron chi connectivity index (χ0n) is 19.1. The summed E-state index contributed by atoms with van der Waals surface area (Å²) in [7, 11) is 1.50. The molecule has 3 aromatic rings. The second-order valence-electron chi connectivity index (χ2n) is 7.83. The molecule has 4 amide bonds. The number of amides is 4. The van der Waals surface area contributed by atoms with Crippen LogP contribution in [0.15, 0.2) is 60.2 Å². The van der Waals surface area contributed by atoms with Crippen LogP contribution in [0, 0.1) is 6.92 Å². The van der Waals surface area contributed by atoms with Crippen LogP contribution in [0.5, 0.6) is 11.5 Å². The molecule has 1 N–H and O–H groups in total. The van der Waals surface area contributed by atoms with Gasteiger partial charge in [0.25, 0.3) is 11.8 Å². The molecular formula is C26H19Cl3N2O5. The van der Waals surface area contributed by atoms with Crippen molar-refractivity contribution in [2.75, 3.05) is 12.0 Å². The molecule has 0 aromatic heterocycles. The lowest BCUT2D eigenvalue weighted by Crippen LogP contribution is -2.54. The van der Waals surface area contributed by atoms with Gasteiger partial charge in [-0.05, 0) is 60.5 Å². The van der Waals surface area contributed by atoms with E-state index >= 15 is 0 Å². The van der Waals surface area contributed by atoms with Gasteiger partial charge in [0.15, 0.2) is 0 Å². The van der Waals surface area contributed by atoms with Crippen molar-refractivity contribution in [1.82, 2.24) is 5.32 Å². The molecule has 1 aliphatic rings. The Labute approximate surface area is 222 Å². The van der Waals surface area contributed by atoms with Gasteiger partial charge in [0.05, 0.1) is 22.8 Å². The van der Waals surface area contributed by atoms with Gasteiger partial charge in [-0.25, -0.2) is 9.69 Å². The minimum absolute atomic E-state index is 0.132. The lowest BCUT2D eigenvalue weighted by molar-refractivity contribution is -0.122. The van der Waals surface area contributed by atoms with Crippen molar-refractivity contribution in [3.05, 3.63) is 91.9 Å². The van der Waals surface area contributed by atoms with Crippen LogP contribution < -0.4 is 19.7 Å². The summed E-state index contributed by atoms with van der Waals surface area (Å²) in [6.07, 6.45) is 1.36. The average molecular weight is 546 g/mol. The molecule has 184 valence electrons. The van der Waals surface area contributed by atoms with Gasteiger partial charge in [0, 0.05) is 16.7 Å². The first-order valence-corrected chi connectivity index (χ1v) is 11.7. The Morgan fingerprint density at radius 1 is 0.917 bits per heavy atom. The quantitative estimate of drug-likeness (QED) is 0.294. The van der Waals surface area contributed by atoms with Crippen molar-refractivity contribution in [1.29, 1.82) is 0 Å². The van der Waals surface area contributed by atoms with E-state index in [1.807, 2.05) is 0 Å². The van der Waals surface area contributed by atoms with Crippen molar-refractivity contribution in [2.24, 2.45) is 0 Å². The van der Waals surface area contributed by atoms with E-state index in [2.05, 4.69) is 5.32 Å². The maximum Gasteiger partial charge on any atom is 0.335 e. The van der Waals surface area contributed by atoms with E-state index in [1.54, 1.807) is 55.5 Å². The van der Waals surface area contributed by atoms with Gasteiger partial charge in [-0.3, -0.25) is 14.9 Å². The topological polar surface area (TPSA) is 84.9 Å². The first-order valence-electron chi connectivity index (χ1n) is 10.6. The average Bonchev–Trinajstić information content (AvgIpc) is 2.85. The summed E-state index contributed by atoms with van der Waals surface area (Å²) >= 11 is 18.3. The second-order valence-corrected chi connectivity index (χ2v) is 9.05. The highest BCUT2D eigenvalue weighted by Crippen LogP contribution is 2.31. The molecule has 0 saturated carbocycles. The number of halogens is 3. The van der Waals surface area contributed by atoms with E-state index in [-0.39, 0.29) is 17.9 Å². The summed E-state index contributed by atoms with van der Waals surface area (Å²) in [4.78, 5) is 39.3. The fourth-order valence-corrected chi connectivity index (χ4v) is 3.94. The number of aryl methyl sites for hydroxylation is 1. The van der Waals surface area contributed by atoms with Crippen LogP contribution >= 0.6 is 34.8 Å². The fourth-order valence-electron chi connectivity index (χ4n) is 3.44. The number of nitrogens with one attached hydrogen (secondary N) is 1. The van der Waals surface area contributed by atoms with Gasteiger partial charge in [-0.2, -0.15) is 0 Å². The molecule has 7 nitrogen and oxygen atoms in total. The molecule has 1 fully saturated rings. The molecule has 10 heteroatoms. The number of methoxy groups -OCH3 is 1. The number of carbonyl (C=O) groups is 3. The molecule has 0 unspecified atom stereocenters. The van der Waals surface area contributed by atoms with Crippen molar-refractivity contribution in [2.45, 2.75) is 13.5 Å². The number of hydrogen-bond donors (Lipinski definition) is 1. The maximum absolute atomic E-state index is 13.3. The van der Waals surface area contributed by atoms with Crippen molar-refractivity contribution in [3.8, 4) is 11.5 Å². The Balaban J connectivity index is 1.69. The van der Waals surface area contributed by atoms with E-state index in [4.69, 9.17) is 44.3 Å².